The Bertz CT molecular complexity index is 639. The van der Waals surface area contributed by atoms with Gasteiger partial charge in [-0.3, -0.25) is 4.79 Å². The summed E-state index contributed by atoms with van der Waals surface area (Å²) in [6.45, 7) is 0. The summed E-state index contributed by atoms with van der Waals surface area (Å²) in [4.78, 5) is 12.6. The van der Waals surface area contributed by atoms with Crippen LogP contribution in [0.5, 0.6) is 0 Å². The van der Waals surface area contributed by atoms with Crippen molar-refractivity contribution in [3.05, 3.63) is 48.0 Å². The van der Waals surface area contributed by atoms with E-state index in [2.05, 4.69) is 12.1 Å². The third kappa shape index (κ3) is 3.01. The van der Waals surface area contributed by atoms with Crippen LogP contribution in [0.2, 0.25) is 0 Å². The van der Waals surface area contributed by atoms with Crippen LogP contribution in [0.3, 0.4) is 0 Å². The molecule has 0 amide bonds. The Hall–Kier alpha value is -1.67. The molecule has 0 aliphatic heterocycles. The predicted molar refractivity (Wildman–Crippen MR) is 85.7 cm³/mol. The van der Waals surface area contributed by atoms with Crippen LogP contribution in [0.1, 0.15) is 48.9 Å². The zero-order valence-corrected chi connectivity index (χ0v) is 12.6. The van der Waals surface area contributed by atoms with Gasteiger partial charge in [0, 0.05) is 19.1 Å². The Morgan fingerprint density at radius 2 is 1.76 bits per heavy atom. The van der Waals surface area contributed by atoms with Gasteiger partial charge in [0.25, 0.3) is 0 Å². The number of carbonyl (C=O) groups excluding carboxylic acids is 1. The van der Waals surface area contributed by atoms with E-state index in [0.717, 1.165) is 23.8 Å². The van der Waals surface area contributed by atoms with Crippen LogP contribution in [-0.2, 0) is 4.74 Å². The second-order valence-corrected chi connectivity index (χ2v) is 6.11. The summed E-state index contributed by atoms with van der Waals surface area (Å²) in [5, 5.41) is 2.30. The lowest BCUT2D eigenvalue weighted by Crippen LogP contribution is -2.36. The van der Waals surface area contributed by atoms with E-state index >= 15 is 0 Å². The van der Waals surface area contributed by atoms with Crippen LogP contribution in [-0.4, -0.2) is 18.5 Å². The monoisotopic (exact) mass is 282 g/mol. The molecule has 2 heteroatoms. The van der Waals surface area contributed by atoms with Crippen LogP contribution < -0.4 is 0 Å². The molecular formula is C19H22O2. The lowest BCUT2D eigenvalue weighted by atomic mass is 9.80. The van der Waals surface area contributed by atoms with Crippen molar-refractivity contribution in [2.75, 3.05) is 7.11 Å². The minimum absolute atomic E-state index is 0.199. The Morgan fingerprint density at radius 1 is 1.05 bits per heavy atom. The number of Topliss-reactive ketones (excluding diaryl/α,β-unsaturated/α-hetero) is 1. The van der Waals surface area contributed by atoms with Gasteiger partial charge in [0.2, 0.25) is 0 Å². The first-order chi connectivity index (χ1) is 10.2. The number of hydrogen-bond acceptors (Lipinski definition) is 2. The smallest absolute Gasteiger partial charge is 0.165 e. The highest BCUT2D eigenvalue weighted by atomic mass is 16.5. The van der Waals surface area contributed by atoms with E-state index in [0.29, 0.717) is 6.42 Å². The van der Waals surface area contributed by atoms with Gasteiger partial charge in [-0.1, -0.05) is 55.7 Å². The largest absolute Gasteiger partial charge is 0.378 e. The molecular weight excluding hydrogens is 260 g/mol. The number of rotatable bonds is 4. The van der Waals surface area contributed by atoms with Gasteiger partial charge in [-0.05, 0) is 29.7 Å². The average Bonchev–Trinajstić information content (AvgIpc) is 2.55. The highest BCUT2D eigenvalue weighted by Gasteiger charge is 2.34. The molecule has 0 bridgehead atoms. The second-order valence-electron chi connectivity index (χ2n) is 6.11. The molecule has 1 aliphatic carbocycles. The Morgan fingerprint density at radius 3 is 2.48 bits per heavy atom. The van der Waals surface area contributed by atoms with E-state index in [1.54, 1.807) is 7.11 Å². The van der Waals surface area contributed by atoms with Gasteiger partial charge in [0.05, 0.1) is 5.60 Å². The molecule has 0 atom stereocenters. The molecule has 21 heavy (non-hydrogen) atoms. The molecule has 110 valence electrons. The molecule has 2 aromatic carbocycles. The highest BCUT2D eigenvalue weighted by molar-refractivity contribution is 6.00. The number of ketones is 1. The van der Waals surface area contributed by atoms with Gasteiger partial charge < -0.3 is 4.74 Å². The Kier molecular flexibility index (Phi) is 4.07. The van der Waals surface area contributed by atoms with Gasteiger partial charge in [-0.15, -0.1) is 0 Å². The van der Waals surface area contributed by atoms with Crippen molar-refractivity contribution in [3.8, 4) is 0 Å². The normalized spacial score (nSPS) is 17.8. The Labute approximate surface area is 126 Å². The van der Waals surface area contributed by atoms with E-state index < -0.39 is 0 Å². The summed E-state index contributed by atoms with van der Waals surface area (Å²) >= 11 is 0. The lowest BCUT2D eigenvalue weighted by molar-refractivity contribution is -0.0395. The van der Waals surface area contributed by atoms with E-state index in [-0.39, 0.29) is 11.4 Å². The summed E-state index contributed by atoms with van der Waals surface area (Å²) in [6.07, 6.45) is 6.10. The lowest BCUT2D eigenvalue weighted by Gasteiger charge is -2.35. The molecule has 0 radical (unpaired) electrons. The van der Waals surface area contributed by atoms with Crippen molar-refractivity contribution in [1.82, 2.24) is 0 Å². The SMILES string of the molecule is COC1(CC(=O)c2ccc3ccccc3c2)CCCCC1. The number of methoxy groups -OCH3 is 1. The molecule has 2 aromatic rings. The van der Waals surface area contributed by atoms with E-state index in [9.17, 15) is 4.79 Å². The standard InChI is InChI=1S/C19H22O2/c1-21-19(11-5-2-6-12-19)14-18(20)17-10-9-15-7-3-4-8-16(15)13-17/h3-4,7-10,13H,2,5-6,11-12,14H2,1H3. The summed E-state index contributed by atoms with van der Waals surface area (Å²) in [5.74, 6) is 0.199. The minimum atomic E-state index is -0.235. The minimum Gasteiger partial charge on any atom is -0.378 e. The van der Waals surface area contributed by atoms with Crippen LogP contribution in [0.4, 0.5) is 0 Å². The maximum atomic E-state index is 12.6. The van der Waals surface area contributed by atoms with Gasteiger partial charge >= 0.3 is 0 Å². The zero-order chi connectivity index (χ0) is 14.7. The summed E-state index contributed by atoms with van der Waals surface area (Å²) in [5.41, 5.74) is 0.566. The molecule has 1 fully saturated rings. The predicted octanol–water partition coefficient (Wildman–Crippen LogP) is 4.76. The second kappa shape index (κ2) is 5.98. The third-order valence-corrected chi connectivity index (χ3v) is 4.75. The van der Waals surface area contributed by atoms with Gasteiger partial charge in [0.1, 0.15) is 0 Å². The molecule has 0 unspecified atom stereocenters. The number of carbonyl (C=O) groups is 1. The summed E-state index contributed by atoms with van der Waals surface area (Å²) in [7, 11) is 1.75. The first kappa shape index (κ1) is 14.3. The van der Waals surface area contributed by atoms with Gasteiger partial charge in [-0.2, -0.15) is 0 Å². The topological polar surface area (TPSA) is 26.3 Å². The highest BCUT2D eigenvalue weighted by Crippen LogP contribution is 2.35. The average molecular weight is 282 g/mol. The molecule has 3 rings (SSSR count). The van der Waals surface area contributed by atoms with Crippen molar-refractivity contribution < 1.29 is 9.53 Å². The molecule has 0 aromatic heterocycles. The summed E-state index contributed by atoms with van der Waals surface area (Å²) in [6, 6.07) is 14.1. The fraction of sp³-hybridized carbons (Fsp3) is 0.421. The molecule has 0 spiro atoms. The Balaban J connectivity index is 1.82. The summed E-state index contributed by atoms with van der Waals surface area (Å²) < 4.78 is 5.74. The molecule has 1 saturated carbocycles. The number of ether oxygens (including phenoxy) is 1. The molecule has 0 saturated heterocycles. The number of hydrogen-bond donors (Lipinski definition) is 0. The number of fused-ring (bicyclic) bond motifs is 1. The molecule has 0 heterocycles. The van der Waals surface area contributed by atoms with E-state index in [1.807, 2.05) is 30.3 Å². The maximum Gasteiger partial charge on any atom is 0.165 e. The zero-order valence-electron chi connectivity index (χ0n) is 12.6. The van der Waals surface area contributed by atoms with Crippen LogP contribution in [0.15, 0.2) is 42.5 Å². The van der Waals surface area contributed by atoms with Crippen molar-refractivity contribution in [1.29, 1.82) is 0 Å². The maximum absolute atomic E-state index is 12.6. The number of benzene rings is 2. The van der Waals surface area contributed by atoms with E-state index in [1.165, 1.54) is 24.6 Å². The van der Waals surface area contributed by atoms with Crippen LogP contribution in [0.25, 0.3) is 10.8 Å². The van der Waals surface area contributed by atoms with Crippen molar-refractivity contribution >= 4 is 16.6 Å². The first-order valence-corrected chi connectivity index (χ1v) is 7.80. The molecule has 2 nitrogen and oxygen atoms in total. The molecule has 1 aliphatic rings. The van der Waals surface area contributed by atoms with E-state index in [4.69, 9.17) is 4.74 Å². The third-order valence-electron chi connectivity index (χ3n) is 4.75. The van der Waals surface area contributed by atoms with Crippen LogP contribution in [0, 0.1) is 0 Å². The van der Waals surface area contributed by atoms with Gasteiger partial charge in [0.15, 0.2) is 5.78 Å². The van der Waals surface area contributed by atoms with Crippen molar-refractivity contribution in [3.63, 3.8) is 0 Å². The quantitative estimate of drug-likeness (QED) is 0.756. The molecule has 0 N–H and O–H groups in total. The van der Waals surface area contributed by atoms with Crippen LogP contribution >= 0.6 is 0 Å². The van der Waals surface area contributed by atoms with Gasteiger partial charge in [-0.25, -0.2) is 0 Å². The first-order valence-electron chi connectivity index (χ1n) is 7.80. The van der Waals surface area contributed by atoms with Crippen molar-refractivity contribution in [2.24, 2.45) is 0 Å². The van der Waals surface area contributed by atoms with Crippen molar-refractivity contribution in [2.45, 2.75) is 44.1 Å². The fourth-order valence-electron chi connectivity index (χ4n) is 3.41. The fourth-order valence-corrected chi connectivity index (χ4v) is 3.41.